The standard InChI is InChI=1S/C14H16N6OS/c1-7(15)14-17-12(8(2)22-14)13(21)16-6-9-3-4-10-11(5-9)19-20-18-10/h3-5,7H,6,15H2,1-2H3,(H,16,21)(H,18,19,20). The molecular formula is C14H16N6OS. The summed E-state index contributed by atoms with van der Waals surface area (Å²) in [5, 5.41) is 14.2. The molecular weight excluding hydrogens is 300 g/mol. The number of amides is 1. The molecule has 0 aliphatic heterocycles. The molecule has 2 aromatic heterocycles. The predicted molar refractivity (Wildman–Crippen MR) is 84.5 cm³/mol. The van der Waals surface area contributed by atoms with Gasteiger partial charge in [0, 0.05) is 11.4 Å². The number of hydrogen-bond donors (Lipinski definition) is 3. The molecule has 4 N–H and O–H groups in total. The Bertz CT molecular complexity index is 822. The van der Waals surface area contributed by atoms with Gasteiger partial charge in [-0.2, -0.15) is 15.4 Å². The number of aromatic amines is 1. The maximum Gasteiger partial charge on any atom is 0.271 e. The first-order valence-corrected chi connectivity index (χ1v) is 7.67. The monoisotopic (exact) mass is 316 g/mol. The summed E-state index contributed by atoms with van der Waals surface area (Å²) >= 11 is 1.46. The van der Waals surface area contributed by atoms with Crippen molar-refractivity contribution in [2.75, 3.05) is 0 Å². The summed E-state index contributed by atoms with van der Waals surface area (Å²) in [4.78, 5) is 17.4. The molecule has 1 amide bonds. The van der Waals surface area contributed by atoms with E-state index in [1.165, 1.54) is 11.3 Å². The van der Waals surface area contributed by atoms with Crippen molar-refractivity contribution >= 4 is 28.3 Å². The van der Waals surface area contributed by atoms with E-state index in [0.717, 1.165) is 26.5 Å². The van der Waals surface area contributed by atoms with Crippen molar-refractivity contribution in [2.24, 2.45) is 5.73 Å². The van der Waals surface area contributed by atoms with Crippen LogP contribution in [-0.4, -0.2) is 26.3 Å². The van der Waals surface area contributed by atoms with Crippen molar-refractivity contribution in [3.05, 3.63) is 39.3 Å². The Morgan fingerprint density at radius 2 is 2.18 bits per heavy atom. The van der Waals surface area contributed by atoms with Crippen molar-refractivity contribution < 1.29 is 4.79 Å². The van der Waals surface area contributed by atoms with Gasteiger partial charge < -0.3 is 11.1 Å². The van der Waals surface area contributed by atoms with Crippen LogP contribution >= 0.6 is 11.3 Å². The van der Waals surface area contributed by atoms with Gasteiger partial charge in [-0.05, 0) is 31.5 Å². The molecule has 7 nitrogen and oxygen atoms in total. The minimum atomic E-state index is -0.194. The third kappa shape index (κ3) is 2.83. The highest BCUT2D eigenvalue weighted by atomic mass is 32.1. The first kappa shape index (κ1) is 14.6. The Hall–Kier alpha value is -2.32. The summed E-state index contributed by atoms with van der Waals surface area (Å²) < 4.78 is 0. The predicted octanol–water partition coefficient (Wildman–Crippen LogP) is 1.67. The molecule has 0 bridgehead atoms. The second-order valence-corrected chi connectivity index (χ2v) is 6.31. The highest BCUT2D eigenvalue weighted by molar-refractivity contribution is 7.11. The first-order valence-electron chi connectivity index (χ1n) is 6.85. The lowest BCUT2D eigenvalue weighted by atomic mass is 10.2. The number of rotatable bonds is 4. The van der Waals surface area contributed by atoms with E-state index in [1.807, 2.05) is 32.0 Å². The maximum atomic E-state index is 12.2. The molecule has 0 aliphatic rings. The number of H-pyrrole nitrogens is 1. The fourth-order valence-corrected chi connectivity index (χ4v) is 2.96. The molecule has 114 valence electrons. The topological polar surface area (TPSA) is 110 Å². The van der Waals surface area contributed by atoms with E-state index in [9.17, 15) is 4.79 Å². The van der Waals surface area contributed by atoms with Crippen LogP contribution in [0.1, 0.15) is 38.9 Å². The van der Waals surface area contributed by atoms with Gasteiger partial charge >= 0.3 is 0 Å². The third-order valence-corrected chi connectivity index (χ3v) is 4.42. The minimum Gasteiger partial charge on any atom is -0.347 e. The summed E-state index contributed by atoms with van der Waals surface area (Å²) in [7, 11) is 0. The molecule has 0 aliphatic carbocycles. The van der Waals surface area contributed by atoms with Crippen LogP contribution in [0, 0.1) is 6.92 Å². The van der Waals surface area contributed by atoms with E-state index in [-0.39, 0.29) is 11.9 Å². The van der Waals surface area contributed by atoms with E-state index >= 15 is 0 Å². The highest BCUT2D eigenvalue weighted by Crippen LogP contribution is 2.21. The maximum absolute atomic E-state index is 12.2. The van der Waals surface area contributed by atoms with Gasteiger partial charge in [0.15, 0.2) is 0 Å². The molecule has 0 saturated carbocycles. The second-order valence-electron chi connectivity index (χ2n) is 5.07. The molecule has 0 spiro atoms. The van der Waals surface area contributed by atoms with Crippen LogP contribution in [0.15, 0.2) is 18.2 Å². The van der Waals surface area contributed by atoms with Gasteiger partial charge in [0.2, 0.25) is 0 Å². The number of aryl methyl sites for hydroxylation is 1. The van der Waals surface area contributed by atoms with Gasteiger partial charge in [0.05, 0.1) is 6.04 Å². The molecule has 8 heteroatoms. The minimum absolute atomic E-state index is 0.167. The van der Waals surface area contributed by atoms with Crippen LogP contribution in [0.5, 0.6) is 0 Å². The number of nitrogens with two attached hydrogens (primary N) is 1. The Labute approximate surface area is 130 Å². The molecule has 0 fully saturated rings. The number of thiazole rings is 1. The number of benzene rings is 1. The average Bonchev–Trinajstić information content (AvgIpc) is 3.10. The molecule has 22 heavy (non-hydrogen) atoms. The average molecular weight is 316 g/mol. The SMILES string of the molecule is Cc1sc(C(C)N)nc1C(=O)NCc1ccc2n[nH]nc2c1. The largest absolute Gasteiger partial charge is 0.347 e. The van der Waals surface area contributed by atoms with E-state index in [4.69, 9.17) is 5.73 Å². The van der Waals surface area contributed by atoms with Crippen LogP contribution in [0.2, 0.25) is 0 Å². The van der Waals surface area contributed by atoms with Gasteiger partial charge in [-0.3, -0.25) is 4.79 Å². The van der Waals surface area contributed by atoms with Gasteiger partial charge in [-0.1, -0.05) is 6.07 Å². The fraction of sp³-hybridized carbons (Fsp3) is 0.286. The molecule has 1 atom stereocenters. The van der Waals surface area contributed by atoms with Gasteiger partial charge in [0.1, 0.15) is 21.7 Å². The van der Waals surface area contributed by atoms with Crippen molar-refractivity contribution in [3.8, 4) is 0 Å². The Morgan fingerprint density at radius 3 is 2.91 bits per heavy atom. The zero-order chi connectivity index (χ0) is 15.7. The molecule has 3 aromatic rings. The summed E-state index contributed by atoms with van der Waals surface area (Å²) in [6.07, 6.45) is 0. The summed E-state index contributed by atoms with van der Waals surface area (Å²) in [6.45, 7) is 4.14. The highest BCUT2D eigenvalue weighted by Gasteiger charge is 2.16. The fourth-order valence-electron chi connectivity index (χ4n) is 2.08. The lowest BCUT2D eigenvalue weighted by molar-refractivity contribution is 0.0946. The number of hydrogen-bond acceptors (Lipinski definition) is 6. The molecule has 1 aromatic carbocycles. The van der Waals surface area contributed by atoms with E-state index in [2.05, 4.69) is 25.7 Å². The first-order chi connectivity index (χ1) is 10.5. The van der Waals surface area contributed by atoms with Crippen LogP contribution in [0.4, 0.5) is 0 Å². The Morgan fingerprint density at radius 1 is 1.41 bits per heavy atom. The van der Waals surface area contributed by atoms with Crippen molar-refractivity contribution in [1.82, 2.24) is 25.7 Å². The zero-order valence-electron chi connectivity index (χ0n) is 12.3. The lowest BCUT2D eigenvalue weighted by Gasteiger charge is -2.04. The van der Waals surface area contributed by atoms with E-state index in [1.54, 1.807) is 0 Å². The van der Waals surface area contributed by atoms with Crippen LogP contribution in [-0.2, 0) is 6.54 Å². The summed E-state index contributed by atoms with van der Waals surface area (Å²) in [5.74, 6) is -0.194. The number of nitrogens with zero attached hydrogens (tertiary/aromatic N) is 3. The van der Waals surface area contributed by atoms with Gasteiger partial charge in [-0.15, -0.1) is 11.3 Å². The zero-order valence-corrected chi connectivity index (χ0v) is 13.1. The molecule has 3 rings (SSSR count). The lowest BCUT2D eigenvalue weighted by Crippen LogP contribution is -2.24. The van der Waals surface area contributed by atoms with E-state index < -0.39 is 0 Å². The normalized spacial score (nSPS) is 12.5. The number of carbonyl (C=O) groups is 1. The Kier molecular flexibility index (Phi) is 3.86. The molecule has 0 saturated heterocycles. The number of fused-ring (bicyclic) bond motifs is 1. The van der Waals surface area contributed by atoms with Crippen LogP contribution < -0.4 is 11.1 Å². The van der Waals surface area contributed by atoms with Crippen molar-refractivity contribution in [1.29, 1.82) is 0 Å². The number of carbonyl (C=O) groups excluding carboxylic acids is 1. The third-order valence-electron chi connectivity index (χ3n) is 3.25. The quantitative estimate of drug-likeness (QED) is 0.678. The molecule has 2 heterocycles. The van der Waals surface area contributed by atoms with Gasteiger partial charge in [-0.25, -0.2) is 4.98 Å². The van der Waals surface area contributed by atoms with E-state index in [0.29, 0.717) is 12.2 Å². The van der Waals surface area contributed by atoms with Gasteiger partial charge in [0.25, 0.3) is 5.91 Å². The van der Waals surface area contributed by atoms with Crippen LogP contribution in [0.3, 0.4) is 0 Å². The van der Waals surface area contributed by atoms with Crippen molar-refractivity contribution in [2.45, 2.75) is 26.4 Å². The smallest absolute Gasteiger partial charge is 0.271 e. The van der Waals surface area contributed by atoms with Crippen LogP contribution in [0.25, 0.3) is 11.0 Å². The molecule has 0 radical (unpaired) electrons. The summed E-state index contributed by atoms with van der Waals surface area (Å²) in [6, 6.07) is 5.50. The second kappa shape index (κ2) is 5.82. The number of nitrogens with one attached hydrogen (secondary N) is 2. The Balaban J connectivity index is 1.71. The summed E-state index contributed by atoms with van der Waals surface area (Å²) in [5.41, 5.74) is 8.77. The molecule has 1 unspecified atom stereocenters. The number of aromatic nitrogens is 4. The van der Waals surface area contributed by atoms with Crippen molar-refractivity contribution in [3.63, 3.8) is 0 Å².